The fourth-order valence-corrected chi connectivity index (χ4v) is 8.86. The molecule has 12 aromatic rings. The van der Waals surface area contributed by atoms with Crippen molar-refractivity contribution in [3.8, 4) is 39.6 Å². The molecule has 12 rings (SSSR count). The molecule has 0 N–H and O–H groups in total. The molecule has 0 aliphatic rings. The number of hydrogen-bond acceptors (Lipinski definition) is 3. The summed E-state index contributed by atoms with van der Waals surface area (Å²) in [6.45, 7) is 0. The normalized spacial score (nSPS) is 11.9. The Hall–Kier alpha value is -7.70. The summed E-state index contributed by atoms with van der Waals surface area (Å²) in [5, 5.41) is 16.5. The van der Waals surface area contributed by atoms with E-state index >= 15 is 0 Å². The average Bonchev–Trinajstić information content (AvgIpc) is 4.04. The summed E-state index contributed by atoms with van der Waals surface area (Å²) in [4.78, 5) is 0. The largest absolute Gasteiger partial charge is 0.454 e. The van der Waals surface area contributed by atoms with E-state index in [0.717, 1.165) is 99.7 Å². The summed E-state index contributed by atoms with van der Waals surface area (Å²) in [6, 6.07) is 66.1. The second-order valence-corrected chi connectivity index (χ2v) is 14.2. The van der Waals surface area contributed by atoms with Gasteiger partial charge in [0.1, 0.15) is 17.0 Å². The monoisotopic (exact) mass is 717 g/mol. The minimum atomic E-state index is 0.833. The van der Waals surface area contributed by atoms with Crippen LogP contribution in [0.2, 0.25) is 0 Å². The molecule has 0 saturated carbocycles. The zero-order valence-electron chi connectivity index (χ0n) is 30.0. The first kappa shape index (κ1) is 30.7. The topological polar surface area (TPSA) is 53.7 Å². The van der Waals surface area contributed by atoms with Crippen molar-refractivity contribution in [1.29, 1.82) is 0 Å². The van der Waals surface area contributed by atoms with E-state index in [1.54, 1.807) is 0 Å². The molecule has 262 valence electrons. The van der Waals surface area contributed by atoms with Crippen LogP contribution in [0, 0.1) is 0 Å². The molecule has 0 saturated heterocycles. The molecule has 0 fully saturated rings. The van der Waals surface area contributed by atoms with Gasteiger partial charge >= 0.3 is 0 Å². The Bertz CT molecular complexity index is 3420. The Kier molecular flexibility index (Phi) is 6.53. The maximum atomic E-state index is 6.74. The first-order chi connectivity index (χ1) is 27.8. The molecular formula is C50H31N5O. The molecule has 0 aliphatic carbocycles. The van der Waals surface area contributed by atoms with E-state index in [0.29, 0.717) is 0 Å². The second-order valence-electron chi connectivity index (χ2n) is 14.2. The summed E-state index contributed by atoms with van der Waals surface area (Å²) in [7, 11) is 0. The lowest BCUT2D eigenvalue weighted by atomic mass is 9.99. The summed E-state index contributed by atoms with van der Waals surface area (Å²) in [5.74, 6) is 0. The second kappa shape index (κ2) is 11.9. The van der Waals surface area contributed by atoms with Gasteiger partial charge in [-0.1, -0.05) is 139 Å². The molecule has 56 heavy (non-hydrogen) atoms. The van der Waals surface area contributed by atoms with Crippen LogP contribution in [0.15, 0.2) is 192 Å². The fraction of sp³-hybridized carbons (Fsp3) is 0. The number of hydrogen-bond donors (Lipinski definition) is 0. The maximum Gasteiger partial charge on any atom is 0.160 e. The third-order valence-electron chi connectivity index (χ3n) is 11.2. The molecule has 8 aromatic carbocycles. The van der Waals surface area contributed by atoms with Crippen molar-refractivity contribution in [2.45, 2.75) is 0 Å². The van der Waals surface area contributed by atoms with Crippen molar-refractivity contribution in [2.75, 3.05) is 0 Å². The van der Waals surface area contributed by atoms with Crippen LogP contribution in [-0.2, 0) is 0 Å². The van der Waals surface area contributed by atoms with Crippen LogP contribution in [0.5, 0.6) is 0 Å². The fourth-order valence-electron chi connectivity index (χ4n) is 8.86. The van der Waals surface area contributed by atoms with Crippen LogP contribution < -0.4 is 0 Å². The standard InChI is InChI=1S/C50H31N5O/c1-3-16-32(17-4-1)47-48(55(52-51-47)33-18-5-2-6-19-33)39-23-15-28-44-46(39)38-22-8-11-25-41(38)53(44)42-26-12-13-27-43(42)54-40-24-10-7-20-34(40)36-30-31-37-35-21-9-14-29-45(35)56-50(37)49(36)54/h1-31H. The predicted molar refractivity (Wildman–Crippen MR) is 228 cm³/mol. The smallest absolute Gasteiger partial charge is 0.160 e. The molecule has 4 heterocycles. The molecule has 6 heteroatoms. The summed E-state index contributed by atoms with van der Waals surface area (Å²) >= 11 is 0. The third kappa shape index (κ3) is 4.32. The summed E-state index contributed by atoms with van der Waals surface area (Å²) < 4.78 is 13.5. The average molecular weight is 718 g/mol. The minimum Gasteiger partial charge on any atom is -0.454 e. The predicted octanol–water partition coefficient (Wildman–Crippen LogP) is 12.7. The van der Waals surface area contributed by atoms with Gasteiger partial charge in [-0.2, -0.15) is 0 Å². The molecule has 0 aliphatic heterocycles. The SMILES string of the molecule is c1ccc(-c2nnn(-c3ccccc3)c2-c2cccc3c2c2ccccc2n3-c2ccccc2-n2c3ccccc3c3ccc4c5ccccc5oc4c32)cc1. The molecule has 0 atom stereocenters. The van der Waals surface area contributed by atoms with E-state index < -0.39 is 0 Å². The summed E-state index contributed by atoms with van der Waals surface area (Å²) in [6.07, 6.45) is 0. The highest BCUT2D eigenvalue weighted by Crippen LogP contribution is 2.45. The molecular weight excluding hydrogens is 687 g/mol. The van der Waals surface area contributed by atoms with E-state index in [4.69, 9.17) is 14.7 Å². The van der Waals surface area contributed by atoms with E-state index in [1.165, 1.54) is 5.39 Å². The number of furan rings is 1. The van der Waals surface area contributed by atoms with Gasteiger partial charge in [-0.15, -0.1) is 5.10 Å². The molecule has 0 unspecified atom stereocenters. The van der Waals surface area contributed by atoms with Gasteiger partial charge in [0.25, 0.3) is 0 Å². The Morgan fingerprint density at radius 3 is 1.84 bits per heavy atom. The van der Waals surface area contributed by atoms with Crippen LogP contribution in [-0.4, -0.2) is 24.1 Å². The van der Waals surface area contributed by atoms with Gasteiger partial charge < -0.3 is 13.6 Å². The van der Waals surface area contributed by atoms with Crippen molar-refractivity contribution in [1.82, 2.24) is 24.1 Å². The molecule has 0 radical (unpaired) electrons. The zero-order valence-corrected chi connectivity index (χ0v) is 30.0. The first-order valence-electron chi connectivity index (χ1n) is 18.9. The maximum absolute atomic E-state index is 6.74. The Morgan fingerprint density at radius 2 is 1.04 bits per heavy atom. The van der Waals surface area contributed by atoms with Crippen molar-refractivity contribution >= 4 is 65.6 Å². The lowest BCUT2D eigenvalue weighted by Crippen LogP contribution is -2.03. The number of para-hydroxylation sites is 6. The van der Waals surface area contributed by atoms with Crippen molar-refractivity contribution in [3.05, 3.63) is 188 Å². The Balaban J connectivity index is 1.19. The first-order valence-corrected chi connectivity index (χ1v) is 18.9. The van der Waals surface area contributed by atoms with E-state index in [-0.39, 0.29) is 0 Å². The number of benzene rings is 8. The Labute approximate surface area is 320 Å². The van der Waals surface area contributed by atoms with Gasteiger partial charge in [-0.3, -0.25) is 0 Å². The van der Waals surface area contributed by atoms with Crippen molar-refractivity contribution in [3.63, 3.8) is 0 Å². The van der Waals surface area contributed by atoms with Gasteiger partial charge in [-0.25, -0.2) is 4.68 Å². The lowest BCUT2D eigenvalue weighted by molar-refractivity contribution is 0.671. The number of aromatic nitrogens is 5. The highest BCUT2D eigenvalue weighted by atomic mass is 16.3. The molecule has 0 bridgehead atoms. The van der Waals surface area contributed by atoms with Gasteiger partial charge in [-0.05, 0) is 54.6 Å². The highest BCUT2D eigenvalue weighted by molar-refractivity contribution is 6.22. The van der Waals surface area contributed by atoms with E-state index in [2.05, 4.69) is 167 Å². The molecule has 0 amide bonds. The molecule has 6 nitrogen and oxygen atoms in total. The van der Waals surface area contributed by atoms with Crippen LogP contribution in [0.4, 0.5) is 0 Å². The highest BCUT2D eigenvalue weighted by Gasteiger charge is 2.25. The van der Waals surface area contributed by atoms with Crippen LogP contribution in [0.25, 0.3) is 105 Å². The lowest BCUT2D eigenvalue weighted by Gasteiger charge is -2.17. The van der Waals surface area contributed by atoms with Crippen LogP contribution in [0.1, 0.15) is 0 Å². The van der Waals surface area contributed by atoms with Crippen molar-refractivity contribution in [2.24, 2.45) is 0 Å². The van der Waals surface area contributed by atoms with Gasteiger partial charge in [0.2, 0.25) is 0 Å². The minimum absolute atomic E-state index is 0.833. The number of rotatable bonds is 5. The van der Waals surface area contributed by atoms with Crippen LogP contribution in [0.3, 0.4) is 0 Å². The summed E-state index contributed by atoms with van der Waals surface area (Å²) in [5.41, 5.74) is 13.1. The van der Waals surface area contributed by atoms with Gasteiger partial charge in [0, 0.05) is 43.4 Å². The van der Waals surface area contributed by atoms with E-state index in [1.807, 2.05) is 35.0 Å². The van der Waals surface area contributed by atoms with Crippen molar-refractivity contribution < 1.29 is 4.42 Å². The van der Waals surface area contributed by atoms with Crippen LogP contribution >= 0.6 is 0 Å². The third-order valence-corrected chi connectivity index (χ3v) is 11.2. The zero-order chi connectivity index (χ0) is 36.7. The Morgan fingerprint density at radius 1 is 0.429 bits per heavy atom. The molecule has 4 aromatic heterocycles. The quantitative estimate of drug-likeness (QED) is 0.178. The van der Waals surface area contributed by atoms with Gasteiger partial charge in [0.15, 0.2) is 5.58 Å². The van der Waals surface area contributed by atoms with E-state index in [9.17, 15) is 0 Å². The number of nitrogens with zero attached hydrogens (tertiary/aromatic N) is 5. The molecule has 0 spiro atoms. The van der Waals surface area contributed by atoms with Gasteiger partial charge in [0.05, 0.1) is 39.1 Å². The number of fused-ring (bicyclic) bond motifs is 10.